The van der Waals surface area contributed by atoms with E-state index in [0.717, 1.165) is 16.8 Å². The molecule has 0 fully saturated rings. The van der Waals surface area contributed by atoms with Crippen LogP contribution in [0.1, 0.15) is 11.1 Å². The Morgan fingerprint density at radius 2 is 1.63 bits per heavy atom. The van der Waals surface area contributed by atoms with Crippen LogP contribution < -0.4 is 21.3 Å². The fraction of sp³-hybridized carbons (Fsp3) is 0.250. The molecule has 2 aromatic rings. The van der Waals surface area contributed by atoms with Gasteiger partial charge in [-0.15, -0.1) is 0 Å². The highest BCUT2D eigenvalue weighted by Crippen LogP contribution is 2.19. The van der Waals surface area contributed by atoms with Gasteiger partial charge in [0, 0.05) is 5.69 Å². The summed E-state index contributed by atoms with van der Waals surface area (Å²) in [7, 11) is 1.48. The number of hydrazine groups is 1. The number of nitrogen functional groups attached to an aromatic ring is 1. The lowest BCUT2D eigenvalue weighted by molar-refractivity contribution is 0.379. The van der Waals surface area contributed by atoms with Crippen molar-refractivity contribution in [3.63, 3.8) is 0 Å². The Morgan fingerprint density at radius 1 is 1.00 bits per heavy atom. The van der Waals surface area contributed by atoms with Gasteiger partial charge in [0.15, 0.2) is 0 Å². The van der Waals surface area contributed by atoms with Crippen molar-refractivity contribution in [2.75, 3.05) is 17.9 Å². The molecule has 0 saturated carbocycles. The molecule has 0 bridgehead atoms. The summed E-state index contributed by atoms with van der Waals surface area (Å²) in [5.74, 6) is 5.90. The average Bonchev–Trinajstić information content (AvgIpc) is 2.37. The number of benzene rings is 1. The van der Waals surface area contributed by atoms with Gasteiger partial charge in [-0.25, -0.2) is 5.84 Å². The monoisotopic (exact) mass is 260 g/mol. The molecule has 0 aliphatic rings. The van der Waals surface area contributed by atoms with Crippen molar-refractivity contribution >= 4 is 17.6 Å². The Labute approximate surface area is 111 Å². The lowest BCUT2D eigenvalue weighted by atomic mass is 10.1. The van der Waals surface area contributed by atoms with Gasteiger partial charge in [-0.05, 0) is 37.1 Å². The summed E-state index contributed by atoms with van der Waals surface area (Å²) >= 11 is 0. The van der Waals surface area contributed by atoms with Crippen LogP contribution in [0.4, 0.5) is 17.6 Å². The van der Waals surface area contributed by atoms with E-state index in [1.165, 1.54) is 7.11 Å². The highest BCUT2D eigenvalue weighted by atomic mass is 16.5. The number of nitrogens with two attached hydrogens (primary N) is 1. The summed E-state index contributed by atoms with van der Waals surface area (Å²) in [5.41, 5.74) is 5.57. The number of anilines is 3. The minimum Gasteiger partial charge on any atom is -0.467 e. The van der Waals surface area contributed by atoms with E-state index in [9.17, 15) is 0 Å². The lowest BCUT2D eigenvalue weighted by Crippen LogP contribution is -2.13. The second kappa shape index (κ2) is 5.49. The first kappa shape index (κ1) is 13.0. The molecule has 2 rings (SSSR count). The molecule has 19 heavy (non-hydrogen) atoms. The number of rotatable bonds is 4. The van der Waals surface area contributed by atoms with Gasteiger partial charge in [-0.2, -0.15) is 15.0 Å². The van der Waals surface area contributed by atoms with Gasteiger partial charge < -0.3 is 10.1 Å². The highest BCUT2D eigenvalue weighted by molar-refractivity contribution is 5.56. The third-order valence-corrected chi connectivity index (χ3v) is 2.40. The first-order valence-electron chi connectivity index (χ1n) is 5.72. The topological polar surface area (TPSA) is 98.0 Å². The molecule has 0 aliphatic carbocycles. The zero-order chi connectivity index (χ0) is 13.8. The third-order valence-electron chi connectivity index (χ3n) is 2.40. The first-order valence-corrected chi connectivity index (χ1v) is 5.72. The van der Waals surface area contributed by atoms with Gasteiger partial charge in [0.25, 0.3) is 0 Å². The van der Waals surface area contributed by atoms with Gasteiger partial charge in [-0.1, -0.05) is 6.07 Å². The van der Waals surface area contributed by atoms with Gasteiger partial charge in [-0.3, -0.25) is 5.43 Å². The van der Waals surface area contributed by atoms with Crippen molar-refractivity contribution < 1.29 is 4.74 Å². The van der Waals surface area contributed by atoms with Crippen LogP contribution in [-0.4, -0.2) is 22.1 Å². The molecule has 0 amide bonds. The minimum atomic E-state index is 0.190. The average molecular weight is 260 g/mol. The maximum Gasteiger partial charge on any atom is 0.322 e. The van der Waals surface area contributed by atoms with E-state index in [1.54, 1.807) is 0 Å². The predicted molar refractivity (Wildman–Crippen MR) is 73.4 cm³/mol. The highest BCUT2D eigenvalue weighted by Gasteiger charge is 2.06. The standard InChI is InChI=1S/C12H16N6O/c1-7-4-8(2)6-9(5-7)14-10-15-11(18-13)17-12(16-10)19-3/h4-6H,13H2,1-3H3,(H2,14,15,16,17,18). The molecule has 0 unspecified atom stereocenters. The number of hydrogen-bond acceptors (Lipinski definition) is 7. The van der Waals surface area contributed by atoms with Crippen LogP contribution in [0.5, 0.6) is 6.01 Å². The largest absolute Gasteiger partial charge is 0.467 e. The predicted octanol–water partition coefficient (Wildman–Crippen LogP) is 1.53. The number of aromatic nitrogens is 3. The molecule has 1 aromatic heterocycles. The SMILES string of the molecule is COc1nc(NN)nc(Nc2cc(C)cc(C)c2)n1. The van der Waals surface area contributed by atoms with Gasteiger partial charge >= 0.3 is 6.01 Å². The number of aryl methyl sites for hydroxylation is 2. The van der Waals surface area contributed by atoms with Crippen LogP contribution in [0.25, 0.3) is 0 Å². The fourth-order valence-electron chi connectivity index (χ4n) is 1.74. The van der Waals surface area contributed by atoms with E-state index in [2.05, 4.69) is 31.8 Å². The maximum absolute atomic E-state index is 5.30. The Hall–Kier alpha value is -2.41. The van der Waals surface area contributed by atoms with Gasteiger partial charge in [0.2, 0.25) is 11.9 Å². The molecule has 7 nitrogen and oxygen atoms in total. The normalized spacial score (nSPS) is 10.1. The van der Waals surface area contributed by atoms with Crippen molar-refractivity contribution in [2.45, 2.75) is 13.8 Å². The minimum absolute atomic E-state index is 0.190. The Kier molecular flexibility index (Phi) is 3.76. The van der Waals surface area contributed by atoms with Crippen LogP contribution in [-0.2, 0) is 0 Å². The summed E-state index contributed by atoms with van der Waals surface area (Å²) < 4.78 is 4.98. The molecule has 0 radical (unpaired) electrons. The number of hydrogen-bond donors (Lipinski definition) is 3. The second-order valence-electron chi connectivity index (χ2n) is 4.12. The molecular weight excluding hydrogens is 244 g/mol. The van der Waals surface area contributed by atoms with Gasteiger partial charge in [0.1, 0.15) is 0 Å². The van der Waals surface area contributed by atoms with E-state index in [0.29, 0.717) is 5.95 Å². The summed E-state index contributed by atoms with van der Waals surface area (Å²) in [5, 5.41) is 3.10. The van der Waals surface area contributed by atoms with E-state index in [4.69, 9.17) is 10.6 Å². The van der Waals surface area contributed by atoms with Crippen LogP contribution in [0.2, 0.25) is 0 Å². The maximum atomic E-state index is 5.30. The number of nitrogens with zero attached hydrogens (tertiary/aromatic N) is 3. The number of methoxy groups -OCH3 is 1. The summed E-state index contributed by atoms with van der Waals surface area (Å²) in [6, 6.07) is 6.28. The van der Waals surface area contributed by atoms with Crippen molar-refractivity contribution in [2.24, 2.45) is 5.84 Å². The van der Waals surface area contributed by atoms with E-state index in [1.807, 2.05) is 26.0 Å². The molecule has 1 aromatic carbocycles. The third kappa shape index (κ3) is 3.29. The smallest absolute Gasteiger partial charge is 0.322 e. The van der Waals surface area contributed by atoms with Crippen molar-refractivity contribution in [3.05, 3.63) is 29.3 Å². The van der Waals surface area contributed by atoms with Crippen molar-refractivity contribution in [3.8, 4) is 6.01 Å². The molecule has 0 aliphatic heterocycles. The molecular formula is C12H16N6O. The van der Waals surface area contributed by atoms with E-state index in [-0.39, 0.29) is 12.0 Å². The van der Waals surface area contributed by atoms with Crippen LogP contribution in [0, 0.1) is 13.8 Å². The zero-order valence-corrected chi connectivity index (χ0v) is 11.1. The summed E-state index contributed by atoms with van der Waals surface area (Å²) in [4.78, 5) is 12.1. The van der Waals surface area contributed by atoms with Gasteiger partial charge in [0.05, 0.1) is 7.11 Å². The molecule has 1 heterocycles. The van der Waals surface area contributed by atoms with Crippen molar-refractivity contribution in [1.82, 2.24) is 15.0 Å². The Balaban J connectivity index is 2.31. The quantitative estimate of drug-likeness (QED) is 0.566. The first-order chi connectivity index (χ1) is 9.10. The zero-order valence-electron chi connectivity index (χ0n) is 11.1. The van der Waals surface area contributed by atoms with E-state index < -0.39 is 0 Å². The van der Waals surface area contributed by atoms with Crippen LogP contribution >= 0.6 is 0 Å². The molecule has 0 atom stereocenters. The number of ether oxygens (including phenoxy) is 1. The Bertz CT molecular complexity index is 544. The fourth-order valence-corrected chi connectivity index (χ4v) is 1.74. The molecule has 100 valence electrons. The summed E-state index contributed by atoms with van der Waals surface area (Å²) in [6.45, 7) is 4.05. The second-order valence-corrected chi connectivity index (χ2v) is 4.12. The molecule has 7 heteroatoms. The Morgan fingerprint density at radius 3 is 2.21 bits per heavy atom. The summed E-state index contributed by atoms with van der Waals surface area (Å²) in [6.07, 6.45) is 0. The lowest BCUT2D eigenvalue weighted by Gasteiger charge is -2.09. The molecule has 0 spiro atoms. The van der Waals surface area contributed by atoms with E-state index >= 15 is 0 Å². The van der Waals surface area contributed by atoms with Crippen LogP contribution in [0.15, 0.2) is 18.2 Å². The van der Waals surface area contributed by atoms with Crippen molar-refractivity contribution in [1.29, 1.82) is 0 Å². The molecule has 4 N–H and O–H groups in total. The number of nitrogens with one attached hydrogen (secondary N) is 2. The van der Waals surface area contributed by atoms with Crippen LogP contribution in [0.3, 0.4) is 0 Å². The molecule has 0 saturated heterocycles.